The molecule has 1 rings (SSSR count). The summed E-state index contributed by atoms with van der Waals surface area (Å²) in [6.07, 6.45) is 1.74. The Balaban J connectivity index is 2.75. The lowest BCUT2D eigenvalue weighted by molar-refractivity contribution is -0.121. The monoisotopic (exact) mass is 262 g/mol. The molecule has 19 heavy (non-hydrogen) atoms. The molecule has 0 spiro atoms. The average molecular weight is 262 g/mol. The fourth-order valence-electron chi connectivity index (χ4n) is 2.28. The van der Waals surface area contributed by atoms with Crippen LogP contribution in [-0.4, -0.2) is 12.5 Å². The number of carbonyl (C=O) groups is 1. The summed E-state index contributed by atoms with van der Waals surface area (Å²) in [7, 11) is 0. The number of carbonyl (C=O) groups excluding carboxylic acids is 1. The molecule has 0 aliphatic carbocycles. The van der Waals surface area contributed by atoms with Gasteiger partial charge in [0.05, 0.1) is 0 Å². The van der Waals surface area contributed by atoms with Gasteiger partial charge in [-0.2, -0.15) is 0 Å². The minimum absolute atomic E-state index is 0.0317. The summed E-state index contributed by atoms with van der Waals surface area (Å²) in [5.41, 5.74) is 8.76. The molecule has 1 aromatic rings. The highest BCUT2D eigenvalue weighted by Gasteiger charge is 2.21. The zero-order valence-corrected chi connectivity index (χ0v) is 12.5. The first-order valence-corrected chi connectivity index (χ1v) is 7.04. The standard InChI is InChI=1S/C16H26N2O/c1-11(2)14(6-5-9-17)16(19)18-15-8-7-12(3)10-13(15)4/h7-8,10-11,14H,5-6,9,17H2,1-4H3,(H,18,19). The molecular formula is C16H26N2O. The van der Waals surface area contributed by atoms with Crippen molar-refractivity contribution >= 4 is 11.6 Å². The van der Waals surface area contributed by atoms with Crippen molar-refractivity contribution in [3.05, 3.63) is 29.3 Å². The molecule has 0 heterocycles. The number of nitrogens with one attached hydrogen (secondary N) is 1. The smallest absolute Gasteiger partial charge is 0.227 e. The van der Waals surface area contributed by atoms with E-state index in [0.717, 1.165) is 24.1 Å². The SMILES string of the molecule is Cc1ccc(NC(=O)C(CCCN)C(C)C)c(C)c1. The van der Waals surface area contributed by atoms with Crippen LogP contribution in [0.2, 0.25) is 0 Å². The maximum Gasteiger partial charge on any atom is 0.227 e. The van der Waals surface area contributed by atoms with E-state index in [9.17, 15) is 4.79 Å². The number of rotatable bonds is 6. The van der Waals surface area contributed by atoms with E-state index in [-0.39, 0.29) is 11.8 Å². The second kappa shape index (κ2) is 7.29. The van der Waals surface area contributed by atoms with Crippen LogP contribution in [0, 0.1) is 25.7 Å². The van der Waals surface area contributed by atoms with Gasteiger partial charge in [0.25, 0.3) is 0 Å². The minimum Gasteiger partial charge on any atom is -0.330 e. The molecular weight excluding hydrogens is 236 g/mol. The summed E-state index contributed by atoms with van der Waals surface area (Å²) in [5.74, 6) is 0.469. The van der Waals surface area contributed by atoms with E-state index < -0.39 is 0 Å². The Morgan fingerprint density at radius 1 is 1.32 bits per heavy atom. The Kier molecular flexibility index (Phi) is 6.03. The number of benzene rings is 1. The van der Waals surface area contributed by atoms with Crippen molar-refractivity contribution in [3.8, 4) is 0 Å². The van der Waals surface area contributed by atoms with Crippen LogP contribution in [0.5, 0.6) is 0 Å². The van der Waals surface area contributed by atoms with E-state index in [4.69, 9.17) is 5.73 Å². The third kappa shape index (κ3) is 4.67. The third-order valence-electron chi connectivity index (χ3n) is 3.50. The van der Waals surface area contributed by atoms with Crippen LogP contribution in [0.1, 0.15) is 37.8 Å². The number of hydrogen-bond acceptors (Lipinski definition) is 2. The van der Waals surface area contributed by atoms with Crippen molar-refractivity contribution in [1.82, 2.24) is 0 Å². The van der Waals surface area contributed by atoms with Crippen LogP contribution in [0.15, 0.2) is 18.2 Å². The first kappa shape index (κ1) is 15.7. The van der Waals surface area contributed by atoms with Crippen LogP contribution >= 0.6 is 0 Å². The zero-order chi connectivity index (χ0) is 14.4. The second-order valence-corrected chi connectivity index (χ2v) is 5.59. The lowest BCUT2D eigenvalue weighted by Gasteiger charge is -2.20. The number of amides is 1. The highest BCUT2D eigenvalue weighted by Crippen LogP contribution is 2.22. The Bertz CT molecular complexity index is 427. The van der Waals surface area contributed by atoms with Gasteiger partial charge >= 0.3 is 0 Å². The van der Waals surface area contributed by atoms with Crippen LogP contribution < -0.4 is 11.1 Å². The lowest BCUT2D eigenvalue weighted by atomic mass is 9.90. The fourth-order valence-corrected chi connectivity index (χ4v) is 2.28. The molecule has 1 aromatic carbocycles. The average Bonchev–Trinajstić information content (AvgIpc) is 2.33. The van der Waals surface area contributed by atoms with Crippen molar-refractivity contribution < 1.29 is 4.79 Å². The maximum atomic E-state index is 12.3. The fraction of sp³-hybridized carbons (Fsp3) is 0.562. The molecule has 0 aromatic heterocycles. The second-order valence-electron chi connectivity index (χ2n) is 5.59. The number of hydrogen-bond donors (Lipinski definition) is 2. The van der Waals surface area contributed by atoms with Crippen molar-refractivity contribution in [2.45, 2.75) is 40.5 Å². The van der Waals surface area contributed by atoms with Gasteiger partial charge in [-0.3, -0.25) is 4.79 Å². The van der Waals surface area contributed by atoms with Gasteiger partial charge in [-0.1, -0.05) is 31.5 Å². The van der Waals surface area contributed by atoms with Crippen molar-refractivity contribution in [3.63, 3.8) is 0 Å². The van der Waals surface area contributed by atoms with Gasteiger partial charge < -0.3 is 11.1 Å². The molecule has 0 aliphatic heterocycles. The summed E-state index contributed by atoms with van der Waals surface area (Å²) >= 11 is 0. The van der Waals surface area contributed by atoms with Crippen LogP contribution in [0.25, 0.3) is 0 Å². The van der Waals surface area contributed by atoms with Crippen LogP contribution in [0.3, 0.4) is 0 Å². The minimum atomic E-state index is 0.0317. The molecule has 0 bridgehead atoms. The molecule has 0 saturated carbocycles. The first-order valence-electron chi connectivity index (χ1n) is 7.04. The van der Waals surface area contributed by atoms with Gasteiger partial charge in [0.15, 0.2) is 0 Å². The number of nitrogens with two attached hydrogens (primary N) is 1. The van der Waals surface area contributed by atoms with Crippen LogP contribution in [0.4, 0.5) is 5.69 Å². The molecule has 1 amide bonds. The zero-order valence-electron chi connectivity index (χ0n) is 12.5. The first-order chi connectivity index (χ1) is 8.95. The Hall–Kier alpha value is -1.35. The van der Waals surface area contributed by atoms with Gasteiger partial charge in [0.1, 0.15) is 0 Å². The molecule has 0 saturated heterocycles. The van der Waals surface area contributed by atoms with E-state index in [0.29, 0.717) is 12.5 Å². The molecule has 0 fully saturated rings. The molecule has 106 valence electrons. The third-order valence-corrected chi connectivity index (χ3v) is 3.50. The number of anilines is 1. The van der Waals surface area contributed by atoms with E-state index in [2.05, 4.69) is 32.2 Å². The van der Waals surface area contributed by atoms with E-state index >= 15 is 0 Å². The van der Waals surface area contributed by atoms with Crippen molar-refractivity contribution in [2.75, 3.05) is 11.9 Å². The van der Waals surface area contributed by atoms with Crippen molar-refractivity contribution in [1.29, 1.82) is 0 Å². The molecule has 0 radical (unpaired) electrons. The van der Waals surface area contributed by atoms with Gasteiger partial charge in [-0.05, 0) is 50.8 Å². The maximum absolute atomic E-state index is 12.3. The predicted octanol–water partition coefficient (Wildman–Crippen LogP) is 3.25. The van der Waals surface area contributed by atoms with Crippen LogP contribution in [-0.2, 0) is 4.79 Å². The largest absolute Gasteiger partial charge is 0.330 e. The summed E-state index contributed by atoms with van der Waals surface area (Å²) in [6, 6.07) is 6.08. The van der Waals surface area contributed by atoms with E-state index in [1.54, 1.807) is 0 Å². The van der Waals surface area contributed by atoms with E-state index in [1.165, 1.54) is 5.56 Å². The lowest BCUT2D eigenvalue weighted by Crippen LogP contribution is -2.27. The molecule has 3 nitrogen and oxygen atoms in total. The Morgan fingerprint density at radius 3 is 2.53 bits per heavy atom. The normalized spacial score (nSPS) is 12.5. The van der Waals surface area contributed by atoms with Gasteiger partial charge in [-0.25, -0.2) is 0 Å². The Morgan fingerprint density at radius 2 is 2.00 bits per heavy atom. The highest BCUT2D eigenvalue weighted by atomic mass is 16.1. The molecule has 0 aliphatic rings. The van der Waals surface area contributed by atoms with Crippen molar-refractivity contribution in [2.24, 2.45) is 17.6 Å². The summed E-state index contributed by atoms with van der Waals surface area (Å²) in [5, 5.41) is 3.05. The predicted molar refractivity (Wildman–Crippen MR) is 81.2 cm³/mol. The van der Waals surface area contributed by atoms with Gasteiger partial charge in [0, 0.05) is 11.6 Å². The Labute approximate surface area is 116 Å². The number of aryl methyl sites for hydroxylation is 2. The summed E-state index contributed by atoms with van der Waals surface area (Å²) in [4.78, 5) is 12.3. The molecule has 3 N–H and O–H groups in total. The summed E-state index contributed by atoms with van der Waals surface area (Å²) in [6.45, 7) is 8.88. The van der Waals surface area contributed by atoms with Gasteiger partial charge in [0.2, 0.25) is 5.91 Å². The van der Waals surface area contributed by atoms with E-state index in [1.807, 2.05) is 19.1 Å². The highest BCUT2D eigenvalue weighted by molar-refractivity contribution is 5.93. The topological polar surface area (TPSA) is 55.1 Å². The van der Waals surface area contributed by atoms with Gasteiger partial charge in [-0.15, -0.1) is 0 Å². The summed E-state index contributed by atoms with van der Waals surface area (Å²) < 4.78 is 0. The molecule has 3 heteroatoms. The molecule has 1 unspecified atom stereocenters. The molecule has 1 atom stereocenters. The quantitative estimate of drug-likeness (QED) is 0.826.